The molecule has 6 heteroatoms. The second kappa shape index (κ2) is 6.48. The van der Waals surface area contributed by atoms with Gasteiger partial charge in [0.1, 0.15) is 5.82 Å². The Bertz CT molecular complexity index is 704. The Kier molecular flexibility index (Phi) is 4.23. The molecule has 3 amide bonds. The van der Waals surface area contributed by atoms with Crippen molar-refractivity contribution >= 4 is 23.3 Å². The first-order valence-corrected chi connectivity index (χ1v) is 7.30. The van der Waals surface area contributed by atoms with Crippen LogP contribution in [0.3, 0.4) is 0 Å². The van der Waals surface area contributed by atoms with Crippen LogP contribution in [0.4, 0.5) is 20.6 Å². The molecule has 5 nitrogen and oxygen atoms in total. The molecule has 1 heterocycles. The number of rotatable bonds is 3. The van der Waals surface area contributed by atoms with Crippen LogP contribution in [-0.2, 0) is 4.79 Å². The maximum absolute atomic E-state index is 13.0. The third kappa shape index (κ3) is 3.66. The van der Waals surface area contributed by atoms with Gasteiger partial charge in [-0.1, -0.05) is 18.2 Å². The Morgan fingerprint density at radius 1 is 1.09 bits per heavy atom. The Morgan fingerprint density at radius 3 is 2.48 bits per heavy atom. The Hall–Kier alpha value is -2.89. The molecule has 1 atom stereocenters. The molecule has 0 unspecified atom stereocenters. The van der Waals surface area contributed by atoms with Crippen molar-refractivity contribution in [2.45, 2.75) is 12.5 Å². The number of carbonyl (C=O) groups is 2. The quantitative estimate of drug-likeness (QED) is 0.915. The number of urea groups is 1. The SMILES string of the molecule is O=C(Nc1ccccc1)N[C@@H]1CC(=O)N(c2ccc(F)cc2)C1. The molecule has 0 aliphatic carbocycles. The zero-order valence-corrected chi connectivity index (χ0v) is 12.3. The first kappa shape index (κ1) is 15.0. The number of hydrogen-bond donors (Lipinski definition) is 2. The summed E-state index contributed by atoms with van der Waals surface area (Å²) < 4.78 is 13.0. The van der Waals surface area contributed by atoms with Crippen molar-refractivity contribution in [3.05, 3.63) is 60.4 Å². The van der Waals surface area contributed by atoms with Crippen molar-refractivity contribution in [3.8, 4) is 0 Å². The van der Waals surface area contributed by atoms with Gasteiger partial charge in [0.2, 0.25) is 5.91 Å². The molecule has 2 N–H and O–H groups in total. The number of halogens is 1. The van der Waals surface area contributed by atoms with Crippen molar-refractivity contribution in [1.82, 2.24) is 5.32 Å². The number of hydrogen-bond acceptors (Lipinski definition) is 2. The van der Waals surface area contributed by atoms with Gasteiger partial charge in [0, 0.05) is 24.3 Å². The van der Waals surface area contributed by atoms with Crippen LogP contribution in [0.15, 0.2) is 54.6 Å². The van der Waals surface area contributed by atoms with E-state index in [2.05, 4.69) is 10.6 Å². The summed E-state index contributed by atoms with van der Waals surface area (Å²) >= 11 is 0. The van der Waals surface area contributed by atoms with Crippen LogP contribution in [0.1, 0.15) is 6.42 Å². The number of benzene rings is 2. The van der Waals surface area contributed by atoms with Crippen molar-refractivity contribution in [2.75, 3.05) is 16.8 Å². The Balaban J connectivity index is 1.59. The standard InChI is InChI=1S/C17H16FN3O2/c18-12-6-8-15(9-7-12)21-11-14(10-16(21)22)20-17(23)19-13-4-2-1-3-5-13/h1-9,14H,10-11H2,(H2,19,20,23)/t14-/m1/s1. The summed E-state index contributed by atoms with van der Waals surface area (Å²) in [6.45, 7) is 0.368. The van der Waals surface area contributed by atoms with Gasteiger partial charge >= 0.3 is 6.03 Å². The minimum absolute atomic E-state index is 0.0957. The second-order valence-corrected chi connectivity index (χ2v) is 5.35. The summed E-state index contributed by atoms with van der Waals surface area (Å²) in [5, 5.41) is 5.50. The van der Waals surface area contributed by atoms with E-state index in [1.807, 2.05) is 18.2 Å². The third-order valence-electron chi connectivity index (χ3n) is 3.63. The molecule has 2 aromatic carbocycles. The number of para-hydroxylation sites is 1. The smallest absolute Gasteiger partial charge is 0.319 e. The molecule has 0 saturated carbocycles. The predicted molar refractivity (Wildman–Crippen MR) is 85.8 cm³/mol. The van der Waals surface area contributed by atoms with Crippen molar-refractivity contribution in [1.29, 1.82) is 0 Å². The van der Waals surface area contributed by atoms with Gasteiger partial charge in [-0.3, -0.25) is 4.79 Å². The van der Waals surface area contributed by atoms with Crippen LogP contribution < -0.4 is 15.5 Å². The molecule has 1 aliphatic rings. The lowest BCUT2D eigenvalue weighted by atomic mass is 10.2. The van der Waals surface area contributed by atoms with Crippen LogP contribution in [0, 0.1) is 5.82 Å². The highest BCUT2D eigenvalue weighted by Gasteiger charge is 2.31. The highest BCUT2D eigenvalue weighted by Crippen LogP contribution is 2.21. The van der Waals surface area contributed by atoms with Gasteiger partial charge in [0.25, 0.3) is 0 Å². The van der Waals surface area contributed by atoms with Gasteiger partial charge in [-0.05, 0) is 36.4 Å². The van der Waals surface area contributed by atoms with Crippen LogP contribution in [0.25, 0.3) is 0 Å². The zero-order chi connectivity index (χ0) is 16.2. The number of nitrogens with zero attached hydrogens (tertiary/aromatic N) is 1. The highest BCUT2D eigenvalue weighted by molar-refractivity contribution is 5.97. The lowest BCUT2D eigenvalue weighted by molar-refractivity contribution is -0.117. The first-order chi connectivity index (χ1) is 11.1. The number of amides is 3. The summed E-state index contributed by atoms with van der Waals surface area (Å²) in [6, 6.07) is 14.2. The first-order valence-electron chi connectivity index (χ1n) is 7.30. The van der Waals surface area contributed by atoms with Crippen molar-refractivity contribution in [3.63, 3.8) is 0 Å². The Labute approximate surface area is 133 Å². The van der Waals surface area contributed by atoms with Crippen LogP contribution in [-0.4, -0.2) is 24.5 Å². The van der Waals surface area contributed by atoms with Crippen molar-refractivity contribution < 1.29 is 14.0 Å². The van der Waals surface area contributed by atoms with E-state index < -0.39 is 0 Å². The van der Waals surface area contributed by atoms with E-state index in [0.717, 1.165) is 0 Å². The number of nitrogens with one attached hydrogen (secondary N) is 2. The molecule has 0 radical (unpaired) electrons. The van der Waals surface area contributed by atoms with Gasteiger partial charge in [-0.2, -0.15) is 0 Å². The van der Waals surface area contributed by atoms with E-state index in [1.54, 1.807) is 29.2 Å². The van der Waals surface area contributed by atoms with Crippen LogP contribution in [0.5, 0.6) is 0 Å². The van der Waals surface area contributed by atoms with E-state index in [-0.39, 0.29) is 30.2 Å². The van der Waals surface area contributed by atoms with Gasteiger partial charge < -0.3 is 15.5 Å². The molecular formula is C17H16FN3O2. The van der Waals surface area contributed by atoms with Crippen LogP contribution in [0.2, 0.25) is 0 Å². The number of carbonyl (C=O) groups excluding carboxylic acids is 2. The Morgan fingerprint density at radius 2 is 1.78 bits per heavy atom. The summed E-state index contributed by atoms with van der Waals surface area (Å²) in [6.07, 6.45) is 0.222. The molecule has 2 aromatic rings. The molecule has 0 spiro atoms. The summed E-state index contributed by atoms with van der Waals surface area (Å²) in [5.41, 5.74) is 1.31. The van der Waals surface area contributed by atoms with E-state index in [0.29, 0.717) is 17.9 Å². The van der Waals surface area contributed by atoms with Gasteiger partial charge in [0.05, 0.1) is 6.04 Å². The van der Waals surface area contributed by atoms with Gasteiger partial charge in [0.15, 0.2) is 0 Å². The summed E-state index contributed by atoms with van der Waals surface area (Å²) in [5.74, 6) is -0.445. The largest absolute Gasteiger partial charge is 0.333 e. The lowest BCUT2D eigenvalue weighted by Crippen LogP contribution is -2.39. The maximum atomic E-state index is 13.0. The topological polar surface area (TPSA) is 61.4 Å². The predicted octanol–water partition coefficient (Wildman–Crippen LogP) is 2.75. The average Bonchev–Trinajstić information content (AvgIpc) is 2.89. The van der Waals surface area contributed by atoms with Crippen molar-refractivity contribution in [2.24, 2.45) is 0 Å². The molecule has 23 heavy (non-hydrogen) atoms. The molecule has 0 bridgehead atoms. The fourth-order valence-electron chi connectivity index (χ4n) is 2.55. The van der Waals surface area contributed by atoms with Crippen LogP contribution >= 0.6 is 0 Å². The fourth-order valence-corrected chi connectivity index (χ4v) is 2.55. The van der Waals surface area contributed by atoms with E-state index in [4.69, 9.17) is 0 Å². The third-order valence-corrected chi connectivity index (χ3v) is 3.63. The monoisotopic (exact) mass is 313 g/mol. The van der Waals surface area contributed by atoms with Gasteiger partial charge in [-0.15, -0.1) is 0 Å². The normalized spacial score (nSPS) is 17.2. The summed E-state index contributed by atoms with van der Waals surface area (Å²) in [7, 11) is 0. The molecular weight excluding hydrogens is 297 g/mol. The molecule has 118 valence electrons. The molecule has 3 rings (SSSR count). The van der Waals surface area contributed by atoms with E-state index in [9.17, 15) is 14.0 Å². The summed E-state index contributed by atoms with van der Waals surface area (Å²) in [4.78, 5) is 25.6. The molecule has 1 aliphatic heterocycles. The minimum atomic E-state index is -0.352. The van der Waals surface area contributed by atoms with E-state index in [1.165, 1.54) is 12.1 Å². The fraction of sp³-hybridized carbons (Fsp3) is 0.176. The highest BCUT2D eigenvalue weighted by atomic mass is 19.1. The van der Waals surface area contributed by atoms with Gasteiger partial charge in [-0.25, -0.2) is 9.18 Å². The maximum Gasteiger partial charge on any atom is 0.319 e. The second-order valence-electron chi connectivity index (χ2n) is 5.35. The van der Waals surface area contributed by atoms with E-state index >= 15 is 0 Å². The lowest BCUT2D eigenvalue weighted by Gasteiger charge is -2.17. The molecule has 0 aromatic heterocycles. The average molecular weight is 313 g/mol. The molecule has 1 fully saturated rings. The number of anilines is 2. The minimum Gasteiger partial charge on any atom is -0.333 e. The molecule has 1 saturated heterocycles. The zero-order valence-electron chi connectivity index (χ0n) is 12.3.